The maximum atomic E-state index is 12.7. The number of carbonyl (C=O) groups is 2. The van der Waals surface area contributed by atoms with E-state index in [0.29, 0.717) is 0 Å². The maximum absolute atomic E-state index is 12.7. The van der Waals surface area contributed by atoms with Crippen LogP contribution in [-0.4, -0.2) is 21.8 Å². The zero-order chi connectivity index (χ0) is 16.5. The summed E-state index contributed by atoms with van der Waals surface area (Å²) >= 11 is 5.81. The molecule has 2 aliphatic carbocycles. The van der Waals surface area contributed by atoms with Gasteiger partial charge in [0.25, 0.3) is 5.69 Å². The van der Waals surface area contributed by atoms with Crippen molar-refractivity contribution >= 4 is 34.8 Å². The largest absolute Gasteiger partial charge is 0.504 e. The van der Waals surface area contributed by atoms with Gasteiger partial charge in [-0.15, -0.1) is 0 Å². The van der Waals surface area contributed by atoms with Gasteiger partial charge in [-0.1, -0.05) is 23.8 Å². The number of fused-ring (bicyclic) bond motifs is 5. The standard InChI is InChI=1S/C15H11ClN2O5/c16-9-4-8(18(22)23)5-10(13(9)19)17-14(20)11-6-1-2-7(3-6)12(11)15(17)21/h1-2,4-7,11-12,19H,3H2/t6-,7-,11+,12+/m0/s1. The predicted octanol–water partition coefficient (Wildman–Crippen LogP) is 2.27. The van der Waals surface area contributed by atoms with Gasteiger partial charge in [0.05, 0.1) is 21.8 Å². The van der Waals surface area contributed by atoms with Gasteiger partial charge in [0.15, 0.2) is 5.75 Å². The number of aromatic hydroxyl groups is 1. The molecule has 1 saturated heterocycles. The van der Waals surface area contributed by atoms with E-state index in [0.717, 1.165) is 23.5 Å². The number of phenolic OH excluding ortho intramolecular Hbond substituents is 1. The fourth-order valence-electron chi connectivity index (χ4n) is 3.99. The summed E-state index contributed by atoms with van der Waals surface area (Å²) in [5.74, 6) is -2.22. The van der Waals surface area contributed by atoms with E-state index in [9.17, 15) is 24.8 Å². The number of rotatable bonds is 2. The molecule has 0 spiro atoms. The van der Waals surface area contributed by atoms with E-state index in [4.69, 9.17) is 11.6 Å². The van der Waals surface area contributed by atoms with Gasteiger partial charge in [0, 0.05) is 12.1 Å². The van der Waals surface area contributed by atoms with Crippen molar-refractivity contribution in [1.29, 1.82) is 0 Å². The van der Waals surface area contributed by atoms with Crippen LogP contribution in [0.2, 0.25) is 5.02 Å². The average Bonchev–Trinajstić information content (AvgIpc) is 3.17. The molecule has 2 fully saturated rings. The first kappa shape index (κ1) is 14.2. The number of amides is 2. The van der Waals surface area contributed by atoms with E-state index in [-0.39, 0.29) is 28.2 Å². The number of phenols is 1. The maximum Gasteiger partial charge on any atom is 0.273 e. The Morgan fingerprint density at radius 3 is 2.26 bits per heavy atom. The third-order valence-electron chi connectivity index (χ3n) is 4.95. The number of non-ortho nitro benzene ring substituents is 1. The van der Waals surface area contributed by atoms with Gasteiger partial charge in [-0.3, -0.25) is 19.7 Å². The molecular formula is C15H11ClN2O5. The van der Waals surface area contributed by atoms with Crippen molar-refractivity contribution in [3.63, 3.8) is 0 Å². The molecule has 0 radical (unpaired) electrons. The fraction of sp³-hybridized carbons (Fsp3) is 0.333. The van der Waals surface area contributed by atoms with Crippen molar-refractivity contribution in [2.75, 3.05) is 4.90 Å². The number of halogens is 1. The molecule has 8 heteroatoms. The summed E-state index contributed by atoms with van der Waals surface area (Å²) in [4.78, 5) is 36.5. The van der Waals surface area contributed by atoms with E-state index < -0.39 is 34.3 Å². The van der Waals surface area contributed by atoms with Gasteiger partial charge in [0.2, 0.25) is 11.8 Å². The molecule has 7 nitrogen and oxygen atoms in total. The SMILES string of the molecule is O=C1[C@H]2[C@H](C(=O)N1c1cc([N+](=O)[O-])cc(Cl)c1O)[C@H]1C=C[C@H]2C1. The smallest absolute Gasteiger partial charge is 0.273 e. The van der Waals surface area contributed by atoms with Crippen molar-refractivity contribution in [1.82, 2.24) is 0 Å². The van der Waals surface area contributed by atoms with E-state index >= 15 is 0 Å². The van der Waals surface area contributed by atoms with Crippen LogP contribution >= 0.6 is 11.6 Å². The molecule has 1 aromatic rings. The van der Waals surface area contributed by atoms with Crippen molar-refractivity contribution in [2.24, 2.45) is 23.7 Å². The van der Waals surface area contributed by atoms with E-state index in [2.05, 4.69) is 0 Å². The molecule has 2 amide bonds. The first-order valence-corrected chi connectivity index (χ1v) is 7.51. The Kier molecular flexibility index (Phi) is 2.81. The average molecular weight is 335 g/mol. The normalized spacial score (nSPS) is 31.1. The van der Waals surface area contributed by atoms with Crippen LogP contribution in [-0.2, 0) is 9.59 Å². The molecule has 1 aliphatic heterocycles. The quantitative estimate of drug-likeness (QED) is 0.387. The number of nitro benzene ring substituents is 1. The number of imide groups is 1. The minimum absolute atomic E-state index is 0.0164. The Balaban J connectivity index is 1.82. The van der Waals surface area contributed by atoms with E-state index in [1.54, 1.807) is 0 Å². The lowest BCUT2D eigenvalue weighted by Crippen LogP contribution is -2.33. The molecule has 1 heterocycles. The summed E-state index contributed by atoms with van der Waals surface area (Å²) in [7, 11) is 0. The number of benzene rings is 1. The van der Waals surface area contributed by atoms with Crippen LogP contribution < -0.4 is 4.90 Å². The minimum atomic E-state index is -0.689. The number of hydrogen-bond donors (Lipinski definition) is 1. The van der Waals surface area contributed by atoms with Gasteiger partial charge >= 0.3 is 0 Å². The molecule has 1 aromatic carbocycles. The molecule has 2 bridgehead atoms. The molecule has 4 rings (SSSR count). The Labute approximate surface area is 135 Å². The first-order valence-electron chi connectivity index (χ1n) is 7.13. The summed E-state index contributed by atoms with van der Waals surface area (Å²) in [5, 5.41) is 20.8. The molecule has 4 atom stereocenters. The Morgan fingerprint density at radius 1 is 1.17 bits per heavy atom. The lowest BCUT2D eigenvalue weighted by molar-refractivity contribution is -0.384. The topological polar surface area (TPSA) is 101 Å². The fourth-order valence-corrected chi connectivity index (χ4v) is 4.19. The second-order valence-electron chi connectivity index (χ2n) is 6.06. The Bertz CT molecular complexity index is 775. The van der Waals surface area contributed by atoms with Crippen LogP contribution in [0.1, 0.15) is 6.42 Å². The van der Waals surface area contributed by atoms with Gasteiger partial charge in [-0.05, 0) is 18.3 Å². The highest BCUT2D eigenvalue weighted by atomic mass is 35.5. The van der Waals surface area contributed by atoms with Crippen LogP contribution in [0.3, 0.4) is 0 Å². The van der Waals surface area contributed by atoms with E-state index in [1.165, 1.54) is 0 Å². The number of nitrogens with zero attached hydrogens (tertiary/aromatic N) is 2. The number of carbonyl (C=O) groups excluding carboxylic acids is 2. The third-order valence-corrected chi connectivity index (χ3v) is 5.24. The molecule has 118 valence electrons. The van der Waals surface area contributed by atoms with Crippen LogP contribution in [0.5, 0.6) is 5.75 Å². The lowest BCUT2D eigenvalue weighted by Gasteiger charge is -2.18. The van der Waals surface area contributed by atoms with Gasteiger partial charge in [-0.2, -0.15) is 0 Å². The Hall–Kier alpha value is -2.41. The third kappa shape index (κ3) is 1.77. The predicted molar refractivity (Wildman–Crippen MR) is 80.0 cm³/mol. The van der Waals surface area contributed by atoms with Gasteiger partial charge < -0.3 is 5.11 Å². The van der Waals surface area contributed by atoms with E-state index in [1.807, 2.05) is 12.2 Å². The van der Waals surface area contributed by atoms with Gasteiger partial charge in [-0.25, -0.2) is 4.90 Å². The second kappa shape index (κ2) is 4.55. The monoisotopic (exact) mass is 334 g/mol. The second-order valence-corrected chi connectivity index (χ2v) is 6.47. The lowest BCUT2D eigenvalue weighted by atomic mass is 9.85. The molecular weight excluding hydrogens is 324 g/mol. The molecule has 1 N–H and O–H groups in total. The van der Waals surface area contributed by atoms with Crippen molar-refractivity contribution in [3.05, 3.63) is 39.4 Å². The highest BCUT2D eigenvalue weighted by molar-refractivity contribution is 6.33. The molecule has 0 aromatic heterocycles. The molecule has 1 saturated carbocycles. The minimum Gasteiger partial charge on any atom is -0.504 e. The number of hydrogen-bond acceptors (Lipinski definition) is 5. The van der Waals surface area contributed by atoms with Gasteiger partial charge in [0.1, 0.15) is 5.69 Å². The first-order chi connectivity index (χ1) is 10.9. The number of nitro groups is 1. The van der Waals surface area contributed by atoms with Crippen LogP contribution in [0, 0.1) is 33.8 Å². The zero-order valence-electron chi connectivity index (χ0n) is 11.7. The van der Waals surface area contributed by atoms with Crippen LogP contribution in [0.25, 0.3) is 0 Å². The van der Waals surface area contributed by atoms with Crippen LogP contribution in [0.15, 0.2) is 24.3 Å². The summed E-state index contributed by atoms with van der Waals surface area (Å²) in [6.07, 6.45) is 4.67. The van der Waals surface area contributed by atoms with Crippen molar-refractivity contribution in [2.45, 2.75) is 6.42 Å². The highest BCUT2D eigenvalue weighted by Crippen LogP contribution is 2.54. The summed E-state index contributed by atoms with van der Waals surface area (Å²) in [5.41, 5.74) is -0.602. The number of allylic oxidation sites excluding steroid dienone is 2. The molecule has 23 heavy (non-hydrogen) atoms. The highest BCUT2D eigenvalue weighted by Gasteiger charge is 2.60. The summed E-state index contributed by atoms with van der Waals surface area (Å²) in [6.45, 7) is 0. The van der Waals surface area contributed by atoms with Crippen molar-refractivity contribution in [3.8, 4) is 5.75 Å². The summed E-state index contributed by atoms with van der Waals surface area (Å²) in [6, 6.07) is 1.99. The Morgan fingerprint density at radius 2 is 1.74 bits per heavy atom. The zero-order valence-corrected chi connectivity index (χ0v) is 12.4. The summed E-state index contributed by atoms with van der Waals surface area (Å²) < 4.78 is 0. The molecule has 0 unspecified atom stereocenters. The van der Waals surface area contributed by atoms with Crippen LogP contribution in [0.4, 0.5) is 11.4 Å². The number of anilines is 1. The van der Waals surface area contributed by atoms with Crippen molar-refractivity contribution < 1.29 is 19.6 Å². The molecule has 3 aliphatic rings.